The Hall–Kier alpha value is -2.37. The van der Waals surface area contributed by atoms with Crippen LogP contribution in [0.25, 0.3) is 0 Å². The first-order valence-electron chi connectivity index (χ1n) is 8.57. The van der Waals surface area contributed by atoms with Crippen molar-refractivity contribution in [3.8, 4) is 0 Å². The zero-order valence-electron chi connectivity index (χ0n) is 14.6. The minimum absolute atomic E-state index is 0. The first-order valence-corrected chi connectivity index (χ1v) is 8.57. The van der Waals surface area contributed by atoms with Gasteiger partial charge in [-0.25, -0.2) is 0 Å². The summed E-state index contributed by atoms with van der Waals surface area (Å²) in [7, 11) is 0. The molecule has 1 aliphatic heterocycles. The Morgan fingerprint density at radius 1 is 1.08 bits per heavy atom. The van der Waals surface area contributed by atoms with Crippen LogP contribution in [0, 0.1) is 0 Å². The van der Waals surface area contributed by atoms with Gasteiger partial charge in [-0.05, 0) is 23.1 Å². The third kappa shape index (κ3) is 5.07. The monoisotopic (exact) mass is 373 g/mol. The third-order valence-corrected chi connectivity index (χ3v) is 4.48. The first kappa shape index (κ1) is 19.9. The summed E-state index contributed by atoms with van der Waals surface area (Å²) in [6.07, 6.45) is 1.61. The summed E-state index contributed by atoms with van der Waals surface area (Å²) < 4.78 is 0. The highest BCUT2D eigenvalue weighted by Crippen LogP contribution is 2.15. The molecule has 1 atom stereocenters. The van der Waals surface area contributed by atoms with Crippen LogP contribution in [0.15, 0.2) is 54.6 Å². The molecule has 0 saturated carbocycles. The number of amides is 2. The van der Waals surface area contributed by atoms with E-state index in [0.717, 1.165) is 29.7 Å². The fraction of sp³-hybridized carbons (Fsp3) is 0.300. The van der Waals surface area contributed by atoms with Crippen molar-refractivity contribution >= 4 is 24.2 Å². The third-order valence-electron chi connectivity index (χ3n) is 4.48. The lowest BCUT2D eigenvalue weighted by molar-refractivity contribution is -0.128. The second-order valence-corrected chi connectivity index (χ2v) is 6.34. The number of benzene rings is 2. The molecule has 1 unspecified atom stereocenters. The summed E-state index contributed by atoms with van der Waals surface area (Å²) in [5, 5.41) is 2.87. The van der Waals surface area contributed by atoms with Gasteiger partial charge in [-0.3, -0.25) is 9.59 Å². The van der Waals surface area contributed by atoms with Crippen molar-refractivity contribution < 1.29 is 9.59 Å². The molecule has 1 aliphatic rings. The van der Waals surface area contributed by atoms with Crippen molar-refractivity contribution in [1.29, 1.82) is 0 Å². The molecule has 138 valence electrons. The van der Waals surface area contributed by atoms with Gasteiger partial charge in [0.05, 0.1) is 0 Å². The topological polar surface area (TPSA) is 75.4 Å². The fourth-order valence-corrected chi connectivity index (χ4v) is 2.96. The predicted octanol–water partition coefficient (Wildman–Crippen LogP) is 2.55. The number of nitrogens with zero attached hydrogens (tertiary/aromatic N) is 1. The number of rotatable bonds is 6. The van der Waals surface area contributed by atoms with E-state index in [2.05, 4.69) is 5.32 Å². The number of nitrogens with two attached hydrogens (primary N) is 1. The van der Waals surface area contributed by atoms with Crippen molar-refractivity contribution in [1.82, 2.24) is 10.2 Å². The van der Waals surface area contributed by atoms with Gasteiger partial charge in [0.25, 0.3) is 0 Å². The maximum Gasteiger partial charge on any atom is 0.241 e. The highest BCUT2D eigenvalue weighted by molar-refractivity contribution is 5.85. The van der Waals surface area contributed by atoms with E-state index in [1.807, 2.05) is 59.5 Å². The predicted molar refractivity (Wildman–Crippen MR) is 104 cm³/mol. The number of likely N-dealkylation sites (tertiary alicyclic amines) is 1. The Kier molecular flexibility index (Phi) is 7.18. The molecule has 5 nitrogen and oxygen atoms in total. The standard InChI is InChI=1S/C20H23N3O2.ClH/c21-19(17-5-2-1-3-6-17)20(25)22-13-15-8-10-16(11-9-15)14-23-12-4-7-18(23)24;/h1-3,5-6,8-11,19H,4,7,12-14,21H2,(H,22,25);1H. The summed E-state index contributed by atoms with van der Waals surface area (Å²) in [6, 6.07) is 16.6. The summed E-state index contributed by atoms with van der Waals surface area (Å²) in [4.78, 5) is 25.7. The Bertz CT molecular complexity index is 734. The van der Waals surface area contributed by atoms with Crippen molar-refractivity contribution in [3.63, 3.8) is 0 Å². The highest BCUT2D eigenvalue weighted by atomic mass is 35.5. The van der Waals surface area contributed by atoms with Crippen LogP contribution in [-0.2, 0) is 22.7 Å². The van der Waals surface area contributed by atoms with E-state index in [-0.39, 0.29) is 24.2 Å². The van der Waals surface area contributed by atoms with Gasteiger partial charge >= 0.3 is 0 Å². The van der Waals surface area contributed by atoms with Crippen molar-refractivity contribution in [3.05, 3.63) is 71.3 Å². The smallest absolute Gasteiger partial charge is 0.241 e. The molecular formula is C20H24ClN3O2. The minimum Gasteiger partial charge on any atom is -0.350 e. The Morgan fingerprint density at radius 2 is 1.73 bits per heavy atom. The van der Waals surface area contributed by atoms with Crippen molar-refractivity contribution in [2.75, 3.05) is 6.54 Å². The van der Waals surface area contributed by atoms with Crippen LogP contribution in [0.3, 0.4) is 0 Å². The van der Waals surface area contributed by atoms with Crippen LogP contribution in [0.5, 0.6) is 0 Å². The molecule has 0 radical (unpaired) electrons. The van der Waals surface area contributed by atoms with E-state index in [9.17, 15) is 9.59 Å². The lowest BCUT2D eigenvalue weighted by Gasteiger charge is -2.16. The molecule has 3 rings (SSSR count). The number of carbonyl (C=O) groups excluding carboxylic acids is 2. The van der Waals surface area contributed by atoms with Crippen LogP contribution >= 0.6 is 12.4 Å². The molecule has 0 aromatic heterocycles. The molecule has 0 spiro atoms. The molecule has 2 amide bonds. The van der Waals surface area contributed by atoms with Gasteiger partial charge in [-0.15, -0.1) is 12.4 Å². The summed E-state index contributed by atoms with van der Waals surface area (Å²) in [5.41, 5.74) is 8.89. The molecule has 1 heterocycles. The van der Waals surface area contributed by atoms with Gasteiger partial charge in [-0.1, -0.05) is 54.6 Å². The number of nitrogens with one attached hydrogen (secondary N) is 1. The number of halogens is 1. The molecule has 26 heavy (non-hydrogen) atoms. The lowest BCUT2D eigenvalue weighted by Crippen LogP contribution is -2.33. The Morgan fingerprint density at radius 3 is 2.35 bits per heavy atom. The normalized spacial score (nSPS) is 14.7. The molecule has 2 aromatic rings. The summed E-state index contributed by atoms with van der Waals surface area (Å²) in [5.74, 6) is 0.0316. The molecule has 2 aromatic carbocycles. The highest BCUT2D eigenvalue weighted by Gasteiger charge is 2.20. The second-order valence-electron chi connectivity index (χ2n) is 6.34. The number of hydrogen-bond donors (Lipinski definition) is 2. The van der Waals surface area contributed by atoms with Gasteiger partial charge < -0.3 is 16.0 Å². The van der Waals surface area contributed by atoms with Gasteiger partial charge in [0.1, 0.15) is 6.04 Å². The molecule has 6 heteroatoms. The van der Waals surface area contributed by atoms with Crippen molar-refractivity contribution in [2.45, 2.75) is 32.0 Å². The molecule has 1 fully saturated rings. The van der Waals surface area contributed by atoms with Crippen molar-refractivity contribution in [2.24, 2.45) is 5.73 Å². The number of hydrogen-bond acceptors (Lipinski definition) is 3. The maximum atomic E-state index is 12.2. The van der Waals surface area contributed by atoms with E-state index in [4.69, 9.17) is 5.73 Å². The van der Waals surface area contributed by atoms with E-state index >= 15 is 0 Å². The fourth-order valence-electron chi connectivity index (χ4n) is 2.96. The van der Waals surface area contributed by atoms with Crippen LogP contribution in [0.1, 0.15) is 35.6 Å². The van der Waals surface area contributed by atoms with Gasteiger partial charge in [0, 0.05) is 26.1 Å². The van der Waals surface area contributed by atoms with Crippen LogP contribution in [-0.4, -0.2) is 23.3 Å². The molecule has 0 aliphatic carbocycles. The van der Waals surface area contributed by atoms with Crippen LogP contribution in [0.2, 0.25) is 0 Å². The van der Waals surface area contributed by atoms with E-state index in [1.54, 1.807) is 0 Å². The SMILES string of the molecule is Cl.NC(C(=O)NCc1ccc(CN2CCCC2=O)cc1)c1ccccc1. The average molecular weight is 374 g/mol. The zero-order valence-corrected chi connectivity index (χ0v) is 15.4. The lowest BCUT2D eigenvalue weighted by atomic mass is 10.1. The van der Waals surface area contributed by atoms with Crippen LogP contribution in [0.4, 0.5) is 0 Å². The van der Waals surface area contributed by atoms with Crippen LogP contribution < -0.4 is 11.1 Å². The Labute approximate surface area is 160 Å². The zero-order chi connectivity index (χ0) is 17.6. The van der Waals surface area contributed by atoms with Gasteiger partial charge in [-0.2, -0.15) is 0 Å². The molecule has 0 bridgehead atoms. The van der Waals surface area contributed by atoms with E-state index in [0.29, 0.717) is 19.5 Å². The quantitative estimate of drug-likeness (QED) is 0.817. The first-order chi connectivity index (χ1) is 12.1. The second kappa shape index (κ2) is 9.36. The van der Waals surface area contributed by atoms with E-state index < -0.39 is 6.04 Å². The van der Waals surface area contributed by atoms with E-state index in [1.165, 1.54) is 0 Å². The van der Waals surface area contributed by atoms with Gasteiger partial charge in [0.15, 0.2) is 0 Å². The Balaban J connectivity index is 0.00000243. The molecule has 1 saturated heterocycles. The molecule has 3 N–H and O–H groups in total. The average Bonchev–Trinajstić information content (AvgIpc) is 3.05. The molecular weight excluding hydrogens is 350 g/mol. The number of carbonyl (C=O) groups is 2. The van der Waals surface area contributed by atoms with Gasteiger partial charge in [0.2, 0.25) is 11.8 Å². The largest absolute Gasteiger partial charge is 0.350 e. The summed E-state index contributed by atoms with van der Waals surface area (Å²) >= 11 is 0. The maximum absolute atomic E-state index is 12.2. The minimum atomic E-state index is -0.665. The summed E-state index contributed by atoms with van der Waals surface area (Å²) in [6.45, 7) is 1.93.